The highest BCUT2D eigenvalue weighted by Gasteiger charge is 2.15. The van der Waals surface area contributed by atoms with E-state index in [1.165, 1.54) is 0 Å². The predicted molar refractivity (Wildman–Crippen MR) is 91.2 cm³/mol. The van der Waals surface area contributed by atoms with Gasteiger partial charge in [-0.3, -0.25) is 4.79 Å². The van der Waals surface area contributed by atoms with Gasteiger partial charge in [0.05, 0.1) is 34.7 Å². The summed E-state index contributed by atoms with van der Waals surface area (Å²) in [7, 11) is 1.76. The Hall–Kier alpha value is -2.18. The van der Waals surface area contributed by atoms with Gasteiger partial charge in [0.25, 0.3) is 5.91 Å². The summed E-state index contributed by atoms with van der Waals surface area (Å²) in [5, 5.41) is 7.83. The van der Waals surface area contributed by atoms with Gasteiger partial charge < -0.3 is 4.90 Å². The van der Waals surface area contributed by atoms with Crippen molar-refractivity contribution in [3.63, 3.8) is 0 Å². The average molecular weight is 347 g/mol. The fourth-order valence-corrected chi connectivity index (χ4v) is 3.00. The first-order valence-electron chi connectivity index (χ1n) is 7.00. The molecule has 0 fully saturated rings. The third kappa shape index (κ3) is 3.60. The molecule has 7 heteroatoms. The minimum atomic E-state index is -0.0936. The van der Waals surface area contributed by atoms with Gasteiger partial charge in [0.1, 0.15) is 0 Å². The number of thiazole rings is 1. The van der Waals surface area contributed by atoms with Gasteiger partial charge in [0.2, 0.25) is 0 Å². The smallest absolute Gasteiger partial charge is 0.257 e. The number of aryl methyl sites for hydroxylation is 1. The van der Waals surface area contributed by atoms with Gasteiger partial charge >= 0.3 is 0 Å². The van der Waals surface area contributed by atoms with Crippen molar-refractivity contribution in [1.29, 1.82) is 0 Å². The zero-order chi connectivity index (χ0) is 16.4. The molecule has 0 aliphatic rings. The molecule has 1 amide bonds. The molecule has 5 nitrogen and oxygen atoms in total. The molecular weight excluding hydrogens is 332 g/mol. The van der Waals surface area contributed by atoms with Crippen LogP contribution in [0, 0.1) is 6.92 Å². The fourth-order valence-electron chi connectivity index (χ4n) is 2.21. The summed E-state index contributed by atoms with van der Waals surface area (Å²) in [6.07, 6.45) is 3.27. The van der Waals surface area contributed by atoms with Crippen molar-refractivity contribution < 1.29 is 4.79 Å². The van der Waals surface area contributed by atoms with Crippen molar-refractivity contribution in [2.45, 2.75) is 13.5 Å². The monoisotopic (exact) mass is 346 g/mol. The van der Waals surface area contributed by atoms with Crippen LogP contribution < -0.4 is 0 Å². The number of aromatic nitrogens is 3. The highest BCUT2D eigenvalue weighted by molar-refractivity contribution is 7.09. The van der Waals surface area contributed by atoms with E-state index in [2.05, 4.69) is 10.1 Å². The van der Waals surface area contributed by atoms with E-state index in [9.17, 15) is 4.79 Å². The largest absolute Gasteiger partial charge is 0.336 e. The van der Waals surface area contributed by atoms with Gasteiger partial charge in [0.15, 0.2) is 0 Å². The zero-order valence-electron chi connectivity index (χ0n) is 12.7. The van der Waals surface area contributed by atoms with Crippen LogP contribution in [-0.2, 0) is 6.54 Å². The van der Waals surface area contributed by atoms with Crippen molar-refractivity contribution in [3.8, 4) is 5.69 Å². The van der Waals surface area contributed by atoms with E-state index in [0.717, 1.165) is 16.4 Å². The number of benzene rings is 1. The number of carbonyl (C=O) groups is 1. The summed E-state index contributed by atoms with van der Waals surface area (Å²) in [5.74, 6) is -0.0936. The summed E-state index contributed by atoms with van der Waals surface area (Å²) >= 11 is 7.56. The molecule has 0 saturated carbocycles. The van der Waals surface area contributed by atoms with E-state index in [4.69, 9.17) is 11.6 Å². The molecule has 0 unspecified atom stereocenters. The Labute approximate surface area is 143 Å². The Bertz CT molecular complexity index is 842. The third-order valence-electron chi connectivity index (χ3n) is 3.31. The lowest BCUT2D eigenvalue weighted by molar-refractivity contribution is 0.0783. The molecular formula is C16H15ClN4OS. The summed E-state index contributed by atoms with van der Waals surface area (Å²) in [6, 6.07) is 7.32. The topological polar surface area (TPSA) is 51.0 Å². The second-order valence-electron chi connectivity index (χ2n) is 5.17. The van der Waals surface area contributed by atoms with E-state index in [-0.39, 0.29) is 5.91 Å². The molecule has 0 saturated heterocycles. The molecule has 0 radical (unpaired) electrons. The van der Waals surface area contributed by atoms with Crippen LogP contribution in [0.15, 0.2) is 42.0 Å². The maximum Gasteiger partial charge on any atom is 0.257 e. The van der Waals surface area contributed by atoms with E-state index >= 15 is 0 Å². The van der Waals surface area contributed by atoms with Crippen LogP contribution in [0.25, 0.3) is 5.69 Å². The van der Waals surface area contributed by atoms with Crippen molar-refractivity contribution in [3.05, 3.63) is 63.3 Å². The number of amides is 1. The van der Waals surface area contributed by atoms with Crippen LogP contribution >= 0.6 is 22.9 Å². The Morgan fingerprint density at radius 1 is 1.43 bits per heavy atom. The summed E-state index contributed by atoms with van der Waals surface area (Å²) in [5.41, 5.74) is 2.24. The zero-order valence-corrected chi connectivity index (χ0v) is 14.3. The first-order valence-corrected chi connectivity index (χ1v) is 8.26. The number of carbonyl (C=O) groups excluding carboxylic acids is 1. The standard InChI is InChI=1S/C16H15ClN4OS/c1-11-19-14(10-23-11)9-20(2)16(22)12-7-18-21(8-12)15-5-3-4-13(17)6-15/h3-8,10H,9H2,1-2H3. The SMILES string of the molecule is Cc1nc(CN(C)C(=O)c2cnn(-c3cccc(Cl)c3)c2)cs1. The number of rotatable bonds is 4. The summed E-state index contributed by atoms with van der Waals surface area (Å²) < 4.78 is 1.64. The van der Waals surface area contributed by atoms with Crippen LogP contribution in [0.1, 0.15) is 21.1 Å². The normalized spacial score (nSPS) is 10.7. The molecule has 0 bridgehead atoms. The van der Waals surface area contributed by atoms with Crippen molar-refractivity contribution in [1.82, 2.24) is 19.7 Å². The second kappa shape index (κ2) is 6.52. The van der Waals surface area contributed by atoms with Gasteiger partial charge in [-0.2, -0.15) is 5.10 Å². The minimum Gasteiger partial charge on any atom is -0.336 e. The van der Waals surface area contributed by atoms with Crippen LogP contribution in [0.2, 0.25) is 5.02 Å². The number of hydrogen-bond acceptors (Lipinski definition) is 4. The molecule has 1 aromatic carbocycles. The fraction of sp³-hybridized carbons (Fsp3) is 0.188. The van der Waals surface area contributed by atoms with Gasteiger partial charge in [-0.1, -0.05) is 17.7 Å². The molecule has 118 valence electrons. The van der Waals surface area contributed by atoms with Crippen molar-refractivity contribution >= 4 is 28.8 Å². The molecule has 3 aromatic rings. The van der Waals surface area contributed by atoms with E-state index in [1.54, 1.807) is 52.5 Å². The van der Waals surface area contributed by atoms with E-state index in [1.807, 2.05) is 24.4 Å². The molecule has 2 aromatic heterocycles. The lowest BCUT2D eigenvalue weighted by Gasteiger charge is -2.14. The predicted octanol–water partition coefficient (Wildman–Crippen LogP) is 3.56. The van der Waals surface area contributed by atoms with Crippen LogP contribution in [0.5, 0.6) is 0 Å². The molecule has 0 aliphatic carbocycles. The van der Waals surface area contributed by atoms with Gasteiger partial charge in [-0.05, 0) is 25.1 Å². The molecule has 0 N–H and O–H groups in total. The second-order valence-corrected chi connectivity index (χ2v) is 6.67. The van der Waals surface area contributed by atoms with Crippen LogP contribution in [-0.4, -0.2) is 32.6 Å². The molecule has 23 heavy (non-hydrogen) atoms. The van der Waals surface area contributed by atoms with Gasteiger partial charge in [-0.15, -0.1) is 11.3 Å². The third-order valence-corrected chi connectivity index (χ3v) is 4.37. The Morgan fingerprint density at radius 3 is 2.96 bits per heavy atom. The molecule has 3 rings (SSSR count). The maximum atomic E-state index is 12.5. The first-order chi connectivity index (χ1) is 11.0. The lowest BCUT2D eigenvalue weighted by atomic mass is 10.3. The minimum absolute atomic E-state index is 0.0936. The van der Waals surface area contributed by atoms with Gasteiger partial charge in [-0.25, -0.2) is 9.67 Å². The van der Waals surface area contributed by atoms with Crippen LogP contribution in [0.3, 0.4) is 0 Å². The van der Waals surface area contributed by atoms with Crippen LogP contribution in [0.4, 0.5) is 0 Å². The van der Waals surface area contributed by atoms with Crippen molar-refractivity contribution in [2.24, 2.45) is 0 Å². The summed E-state index contributed by atoms with van der Waals surface area (Å²) in [4.78, 5) is 18.5. The highest BCUT2D eigenvalue weighted by Crippen LogP contribution is 2.16. The molecule has 2 heterocycles. The summed E-state index contributed by atoms with van der Waals surface area (Å²) in [6.45, 7) is 2.43. The lowest BCUT2D eigenvalue weighted by Crippen LogP contribution is -2.26. The Kier molecular flexibility index (Phi) is 4.45. The Balaban J connectivity index is 1.75. The van der Waals surface area contributed by atoms with Gasteiger partial charge in [0, 0.05) is 23.6 Å². The quantitative estimate of drug-likeness (QED) is 0.725. The molecule has 0 atom stereocenters. The van der Waals surface area contributed by atoms with E-state index in [0.29, 0.717) is 17.1 Å². The first kappa shape index (κ1) is 15.7. The van der Waals surface area contributed by atoms with Crippen molar-refractivity contribution in [2.75, 3.05) is 7.05 Å². The number of halogens is 1. The Morgan fingerprint density at radius 2 is 2.26 bits per heavy atom. The molecule has 0 aliphatic heterocycles. The number of nitrogens with zero attached hydrogens (tertiary/aromatic N) is 4. The molecule has 0 spiro atoms. The average Bonchev–Trinajstić information content (AvgIpc) is 3.16. The maximum absolute atomic E-state index is 12.5. The number of hydrogen-bond donors (Lipinski definition) is 0. The van der Waals surface area contributed by atoms with E-state index < -0.39 is 0 Å². The highest BCUT2D eigenvalue weighted by atomic mass is 35.5.